The van der Waals surface area contributed by atoms with Gasteiger partial charge in [0.05, 0.1) is 38.8 Å². The number of Topliss-reactive ketones (excluding diaryl/α,β-unsaturated/α-hetero) is 1. The standard InChI is InChI=1S/C33H55N8O22P3S/c1-16(42)18(35-5)10-56-64(50,51)57-11-19-23(45)25(47)32(61-19)62-26-24(46)20(60-31(26)41-15-40-22-28(34)38-14-39-29(22)41)12-58-65(52,53)63-66(54,55)59-13-33(3,4)27(48)30(49)37-7-6-21(44)36-8-9-67-17(2)43/h14-15,18-20,23-27,31-32,35,45-48H,6-13H2,1-5H3,(H,36,44)(H,37,49)(H,50,51)(H,52,53)(H,54,55)(H2,34,38,39)/p-3/t18-,19+,20+,23+,24+,25+,26+,27-,31+,32-/m0/s1. The number of carbonyl (C=O) groups excluding carboxylic acids is 4. The Morgan fingerprint density at radius 2 is 1.55 bits per heavy atom. The van der Waals surface area contributed by atoms with Gasteiger partial charge in [0.15, 0.2) is 29.1 Å². The lowest BCUT2D eigenvalue weighted by Gasteiger charge is -2.35. The van der Waals surface area contributed by atoms with Crippen LogP contribution in [-0.4, -0.2) is 170 Å². The van der Waals surface area contributed by atoms with Crippen LogP contribution in [0.15, 0.2) is 12.7 Å². The van der Waals surface area contributed by atoms with Crippen molar-refractivity contribution in [2.75, 3.05) is 58.1 Å². The Labute approximate surface area is 385 Å². The largest absolute Gasteiger partial charge is 0.756 e. The van der Waals surface area contributed by atoms with Crippen LogP contribution in [0.5, 0.6) is 0 Å². The number of ketones is 1. The average Bonchev–Trinajstić information content (AvgIpc) is 3.89. The van der Waals surface area contributed by atoms with E-state index in [-0.39, 0.29) is 41.6 Å². The van der Waals surface area contributed by atoms with Gasteiger partial charge in [-0.3, -0.25) is 37.4 Å². The molecule has 4 heterocycles. The number of rotatable bonds is 27. The van der Waals surface area contributed by atoms with Gasteiger partial charge in [-0.15, -0.1) is 0 Å². The normalized spacial score (nSPS) is 26.9. The van der Waals surface area contributed by atoms with Gasteiger partial charge in [-0.1, -0.05) is 25.6 Å². The lowest BCUT2D eigenvalue weighted by molar-refractivity contribution is -0.247. The molecule has 0 saturated carbocycles. The van der Waals surface area contributed by atoms with Gasteiger partial charge in [0, 0.05) is 37.6 Å². The fourth-order valence-electron chi connectivity index (χ4n) is 6.06. The van der Waals surface area contributed by atoms with Crippen LogP contribution in [0.2, 0.25) is 0 Å². The second-order valence-corrected chi connectivity index (χ2v) is 21.1. The van der Waals surface area contributed by atoms with Crippen LogP contribution in [0.1, 0.15) is 40.3 Å². The summed E-state index contributed by atoms with van der Waals surface area (Å²) in [6.45, 7) is 1.20. The van der Waals surface area contributed by atoms with Crippen molar-refractivity contribution >= 4 is 74.9 Å². The van der Waals surface area contributed by atoms with Crippen LogP contribution in [0, 0.1) is 5.41 Å². The maximum atomic E-state index is 12.8. The minimum atomic E-state index is -5.92. The molecule has 2 aliphatic rings. The fraction of sp³-hybridized carbons (Fsp3) is 0.727. The summed E-state index contributed by atoms with van der Waals surface area (Å²) in [4.78, 5) is 96.9. The van der Waals surface area contributed by atoms with Crippen molar-refractivity contribution in [1.82, 2.24) is 35.5 Å². The number of thioether (sulfide) groups is 1. The molecular formula is C33H52N8O22P3S-3. The van der Waals surface area contributed by atoms with Crippen LogP contribution in [0.25, 0.3) is 11.2 Å². The van der Waals surface area contributed by atoms with Gasteiger partial charge >= 0.3 is 0 Å². The number of anilines is 1. The van der Waals surface area contributed by atoms with Gasteiger partial charge in [0.1, 0.15) is 60.4 Å². The Balaban J connectivity index is 1.37. The highest BCUT2D eigenvalue weighted by Gasteiger charge is 2.52. The quantitative estimate of drug-likeness (QED) is 0.0309. The first-order chi connectivity index (χ1) is 31.2. The molecule has 34 heteroatoms. The van der Waals surface area contributed by atoms with E-state index in [0.717, 1.165) is 29.0 Å². The third-order valence-corrected chi connectivity index (χ3v) is 14.0. The van der Waals surface area contributed by atoms with Crippen molar-refractivity contribution in [2.45, 2.75) is 95.4 Å². The SMILES string of the molecule is CN[C@@H](COP(=O)([O-])OC[C@H]1O[C@@H](O[C@@H]2[C@H](O)[C@@H](COP(=O)([O-])OP(=O)([O-])OCC(C)(C)[C@@H](O)C(=O)NCCC(=O)NCCSC(C)=O)O[C@H]2n2cnc3c(N)ncnc32)[C@H](O)[C@@H]1O)C(C)=O. The Hall–Kier alpha value is -2.97. The van der Waals surface area contributed by atoms with Crippen molar-refractivity contribution in [2.24, 2.45) is 5.41 Å². The molecule has 2 fully saturated rings. The molecule has 2 aliphatic heterocycles. The van der Waals surface area contributed by atoms with E-state index in [1.165, 1.54) is 34.7 Å². The summed E-state index contributed by atoms with van der Waals surface area (Å²) in [5, 5.41) is 50.7. The molecule has 380 valence electrons. The van der Waals surface area contributed by atoms with Gasteiger partial charge in [0.25, 0.3) is 23.5 Å². The number of aromatic nitrogens is 4. The number of amides is 2. The number of phosphoric acid groups is 3. The number of carbonyl (C=O) groups is 4. The number of nitrogens with zero attached hydrogens (tertiary/aromatic N) is 4. The van der Waals surface area contributed by atoms with Crippen molar-refractivity contribution in [1.29, 1.82) is 0 Å². The predicted molar refractivity (Wildman–Crippen MR) is 220 cm³/mol. The summed E-state index contributed by atoms with van der Waals surface area (Å²) in [5.74, 6) is -1.67. The molecule has 0 aliphatic carbocycles. The van der Waals surface area contributed by atoms with Crippen molar-refractivity contribution in [3.8, 4) is 0 Å². The van der Waals surface area contributed by atoms with Crippen molar-refractivity contribution in [3.63, 3.8) is 0 Å². The molecule has 2 saturated heterocycles. The number of likely N-dealkylation sites (N-methyl/N-ethyl adjacent to an activating group) is 1. The maximum Gasteiger partial charge on any atom is 0.274 e. The zero-order chi connectivity index (χ0) is 50.1. The Bertz CT molecular complexity index is 2190. The first-order valence-electron chi connectivity index (χ1n) is 19.9. The number of imidazole rings is 1. The molecule has 2 aromatic heterocycles. The first kappa shape index (κ1) is 56.6. The molecule has 3 unspecified atom stereocenters. The number of nitrogens with two attached hydrogens (primary N) is 1. The molecule has 13 atom stereocenters. The molecule has 0 aromatic carbocycles. The summed E-state index contributed by atoms with van der Waals surface area (Å²) in [6.07, 6.45) is -14.2. The van der Waals surface area contributed by atoms with Crippen LogP contribution in [-0.2, 0) is 69.5 Å². The van der Waals surface area contributed by atoms with E-state index < -0.39 is 134 Å². The fourth-order valence-corrected chi connectivity index (χ4v) is 9.46. The number of hydrogen-bond acceptors (Lipinski definition) is 28. The van der Waals surface area contributed by atoms with Gasteiger partial charge in [-0.05, 0) is 14.0 Å². The van der Waals surface area contributed by atoms with Crippen LogP contribution in [0.4, 0.5) is 5.82 Å². The summed E-state index contributed by atoms with van der Waals surface area (Å²) < 4.78 is 79.2. The topological polar surface area (TPSA) is 449 Å². The number of hydrogen-bond donors (Lipinski definition) is 8. The number of fused-ring (bicyclic) bond motifs is 1. The highest BCUT2D eigenvalue weighted by atomic mass is 32.2. The Morgan fingerprint density at radius 1 is 0.910 bits per heavy atom. The van der Waals surface area contributed by atoms with E-state index in [4.69, 9.17) is 33.5 Å². The first-order valence-corrected chi connectivity index (χ1v) is 25.2. The van der Waals surface area contributed by atoms with Crippen molar-refractivity contribution < 1.29 is 105 Å². The van der Waals surface area contributed by atoms with Gasteiger partial charge in [-0.25, -0.2) is 19.3 Å². The zero-order valence-corrected chi connectivity index (χ0v) is 39.8. The smallest absolute Gasteiger partial charge is 0.274 e. The minimum absolute atomic E-state index is 0.0105. The van der Waals surface area contributed by atoms with Crippen LogP contribution in [0.3, 0.4) is 0 Å². The van der Waals surface area contributed by atoms with E-state index in [2.05, 4.69) is 39.7 Å². The molecule has 30 nitrogen and oxygen atoms in total. The number of ether oxygens (including phenoxy) is 3. The Kier molecular flexibility index (Phi) is 20.5. The number of nitrogens with one attached hydrogen (secondary N) is 3. The minimum Gasteiger partial charge on any atom is -0.756 e. The van der Waals surface area contributed by atoms with E-state index in [9.17, 15) is 68.0 Å². The second kappa shape index (κ2) is 24.2. The van der Waals surface area contributed by atoms with E-state index in [1.807, 2.05) is 0 Å². The molecule has 0 bridgehead atoms. The summed E-state index contributed by atoms with van der Waals surface area (Å²) in [7, 11) is -15.5. The predicted octanol–water partition coefficient (Wildman–Crippen LogP) is -4.55. The number of aliphatic hydroxyl groups excluding tert-OH is 4. The monoisotopic (exact) mass is 1040 g/mol. The average molecular weight is 1040 g/mol. The third kappa shape index (κ3) is 16.3. The maximum absolute atomic E-state index is 12.8. The van der Waals surface area contributed by atoms with Gasteiger partial charge < -0.3 is 89.1 Å². The molecular weight excluding hydrogens is 985 g/mol. The lowest BCUT2D eigenvalue weighted by atomic mass is 9.87. The van der Waals surface area contributed by atoms with Crippen LogP contribution < -0.4 is 36.4 Å². The molecule has 67 heavy (non-hydrogen) atoms. The van der Waals surface area contributed by atoms with Gasteiger partial charge in [-0.2, -0.15) is 0 Å². The molecule has 4 rings (SSSR count). The molecule has 2 aromatic rings. The molecule has 9 N–H and O–H groups in total. The number of aliphatic hydroxyl groups is 4. The number of phosphoric ester groups is 3. The highest BCUT2D eigenvalue weighted by molar-refractivity contribution is 8.13. The zero-order valence-electron chi connectivity index (χ0n) is 36.3. The Morgan fingerprint density at radius 3 is 2.19 bits per heavy atom. The van der Waals surface area contributed by atoms with Gasteiger partial charge in [0.2, 0.25) is 11.8 Å². The second-order valence-electron chi connectivity index (χ2n) is 15.4. The molecule has 0 spiro atoms. The van der Waals surface area contributed by atoms with E-state index in [0.29, 0.717) is 5.75 Å². The number of nitrogen functional groups attached to an aromatic ring is 1. The lowest BCUT2D eigenvalue weighted by Crippen LogP contribution is -2.46. The van der Waals surface area contributed by atoms with Crippen LogP contribution >= 0.6 is 35.2 Å². The van der Waals surface area contributed by atoms with E-state index in [1.54, 1.807) is 0 Å². The summed E-state index contributed by atoms with van der Waals surface area (Å²) in [6, 6.07) is -0.990. The van der Waals surface area contributed by atoms with E-state index >= 15 is 0 Å². The third-order valence-electron chi connectivity index (χ3n) is 9.78. The van der Waals surface area contributed by atoms with Crippen molar-refractivity contribution in [3.05, 3.63) is 12.7 Å². The highest BCUT2D eigenvalue weighted by Crippen LogP contribution is 2.56. The summed E-state index contributed by atoms with van der Waals surface area (Å²) >= 11 is 1.01. The summed E-state index contributed by atoms with van der Waals surface area (Å²) in [5.41, 5.74) is 4.22. The molecule has 0 radical (unpaired) electrons. The molecule has 2 amide bonds.